The Morgan fingerprint density at radius 1 is 1.07 bits per heavy atom. The van der Waals surface area contributed by atoms with E-state index in [1.807, 2.05) is 6.07 Å². The first kappa shape index (κ1) is 20.6. The highest BCUT2D eigenvalue weighted by Crippen LogP contribution is 2.33. The van der Waals surface area contributed by atoms with Crippen molar-refractivity contribution in [2.75, 3.05) is 0 Å². The number of hydrogen-bond acceptors (Lipinski definition) is 4. The summed E-state index contributed by atoms with van der Waals surface area (Å²) in [6.45, 7) is 0. The topological polar surface area (TPSA) is 86.2 Å². The Kier molecular flexibility index (Phi) is 6.00. The number of amides is 1. The number of Topliss-reactive ketones (excluding diaryl/α,β-unsaturated/α-hetero) is 1. The summed E-state index contributed by atoms with van der Waals surface area (Å²) in [7, 11) is 0. The first-order valence-corrected chi connectivity index (χ1v) is 9.11. The lowest BCUT2D eigenvalue weighted by Crippen LogP contribution is -2.14. The molecule has 0 spiro atoms. The van der Waals surface area contributed by atoms with Crippen LogP contribution in [0.3, 0.4) is 0 Å². The molecule has 0 radical (unpaired) electrons. The number of carbonyl (C=O) groups is 2. The van der Waals surface area contributed by atoms with Gasteiger partial charge in [0.25, 0.3) is 5.89 Å². The minimum atomic E-state index is -4.51. The number of hydrogen-bond donors (Lipinski definition) is 1. The van der Waals surface area contributed by atoms with Crippen molar-refractivity contribution in [3.8, 4) is 0 Å². The van der Waals surface area contributed by atoms with E-state index < -0.39 is 29.3 Å². The van der Waals surface area contributed by atoms with Gasteiger partial charge in [-0.1, -0.05) is 36.8 Å². The van der Waals surface area contributed by atoms with Crippen molar-refractivity contribution >= 4 is 22.8 Å². The number of carbonyl (C=O) groups excluding carboxylic acids is 2. The van der Waals surface area contributed by atoms with E-state index in [4.69, 9.17) is 10.2 Å². The summed E-state index contributed by atoms with van der Waals surface area (Å²) in [6, 6.07) is 11.9. The van der Waals surface area contributed by atoms with Gasteiger partial charge in [-0.25, -0.2) is 4.98 Å². The van der Waals surface area contributed by atoms with Gasteiger partial charge in [-0.05, 0) is 36.6 Å². The molecule has 1 unspecified atom stereocenters. The Hall–Kier alpha value is -3.16. The van der Waals surface area contributed by atoms with Crippen molar-refractivity contribution in [1.29, 1.82) is 0 Å². The average Bonchev–Trinajstić information content (AvgIpc) is 3.11. The zero-order valence-electron chi connectivity index (χ0n) is 15.4. The number of rotatable bonds is 8. The number of aromatic nitrogens is 1. The number of nitrogens with two attached hydrogens (primary N) is 1. The number of alkyl halides is 3. The highest BCUT2D eigenvalue weighted by molar-refractivity contribution is 5.99. The predicted molar refractivity (Wildman–Crippen MR) is 100 cm³/mol. The number of benzene rings is 2. The number of halogens is 3. The van der Waals surface area contributed by atoms with Crippen LogP contribution < -0.4 is 5.73 Å². The van der Waals surface area contributed by atoms with Crippen LogP contribution in [0.15, 0.2) is 52.9 Å². The quantitative estimate of drug-likeness (QED) is 0.429. The van der Waals surface area contributed by atoms with Crippen LogP contribution in [0.25, 0.3) is 11.1 Å². The molecule has 1 amide bonds. The maximum Gasteiger partial charge on any atom is 0.416 e. The molecule has 0 saturated carbocycles. The Balaban J connectivity index is 1.87. The van der Waals surface area contributed by atoms with E-state index >= 15 is 0 Å². The molecule has 152 valence electrons. The Labute approximate surface area is 164 Å². The van der Waals surface area contributed by atoms with E-state index in [-0.39, 0.29) is 23.4 Å². The van der Waals surface area contributed by atoms with E-state index in [9.17, 15) is 22.8 Å². The molecule has 29 heavy (non-hydrogen) atoms. The largest absolute Gasteiger partial charge is 0.434 e. The van der Waals surface area contributed by atoms with E-state index in [2.05, 4.69) is 4.98 Å². The van der Waals surface area contributed by atoms with Crippen LogP contribution in [-0.2, 0) is 11.0 Å². The number of nitrogens with zero attached hydrogens (tertiary/aromatic N) is 1. The van der Waals surface area contributed by atoms with Crippen LogP contribution in [-0.4, -0.2) is 16.7 Å². The van der Waals surface area contributed by atoms with Crippen molar-refractivity contribution in [2.45, 2.75) is 37.8 Å². The van der Waals surface area contributed by atoms with Gasteiger partial charge in [-0.3, -0.25) is 9.59 Å². The molecular weight excluding hydrogens is 385 g/mol. The highest BCUT2D eigenvalue weighted by Gasteiger charge is 2.32. The lowest BCUT2D eigenvalue weighted by Gasteiger charge is -2.14. The molecule has 1 atom stereocenters. The summed E-state index contributed by atoms with van der Waals surface area (Å²) in [4.78, 5) is 28.0. The second-order valence-electron chi connectivity index (χ2n) is 6.74. The molecule has 0 fully saturated rings. The third-order valence-electron chi connectivity index (χ3n) is 4.61. The molecule has 3 rings (SSSR count). The van der Waals surface area contributed by atoms with Gasteiger partial charge in [0.2, 0.25) is 11.7 Å². The van der Waals surface area contributed by atoms with Crippen molar-refractivity contribution in [3.05, 3.63) is 65.5 Å². The maximum atomic E-state index is 13.1. The molecule has 2 N–H and O–H groups in total. The molecule has 0 bridgehead atoms. The summed E-state index contributed by atoms with van der Waals surface area (Å²) in [6.07, 6.45) is -2.74. The fourth-order valence-electron chi connectivity index (χ4n) is 3.14. The van der Waals surface area contributed by atoms with Crippen LogP contribution in [0.1, 0.15) is 53.4 Å². The summed E-state index contributed by atoms with van der Waals surface area (Å²) >= 11 is 0. The van der Waals surface area contributed by atoms with Gasteiger partial charge < -0.3 is 10.2 Å². The van der Waals surface area contributed by atoms with Crippen LogP contribution in [0.2, 0.25) is 0 Å². The zero-order chi connectivity index (χ0) is 21.0. The molecule has 0 aliphatic heterocycles. The van der Waals surface area contributed by atoms with Gasteiger partial charge in [0.05, 0.1) is 11.5 Å². The molecular formula is C21H19F3N2O3. The van der Waals surface area contributed by atoms with Gasteiger partial charge in [-0.15, -0.1) is 0 Å². The number of oxazole rings is 1. The summed E-state index contributed by atoms with van der Waals surface area (Å²) in [5.74, 6) is -1.64. The third-order valence-corrected chi connectivity index (χ3v) is 4.61. The second-order valence-corrected chi connectivity index (χ2v) is 6.74. The van der Waals surface area contributed by atoms with Crippen molar-refractivity contribution in [1.82, 2.24) is 4.98 Å². The summed E-state index contributed by atoms with van der Waals surface area (Å²) < 4.78 is 44.1. The van der Waals surface area contributed by atoms with Gasteiger partial charge in [0, 0.05) is 6.42 Å². The summed E-state index contributed by atoms with van der Waals surface area (Å²) in [5, 5.41) is 0. The van der Waals surface area contributed by atoms with Crippen LogP contribution in [0.4, 0.5) is 13.2 Å². The molecule has 5 nitrogen and oxygen atoms in total. The predicted octanol–water partition coefficient (Wildman–Crippen LogP) is 4.86. The monoisotopic (exact) mass is 404 g/mol. The van der Waals surface area contributed by atoms with Crippen molar-refractivity contribution < 1.29 is 27.2 Å². The number of fused-ring (bicyclic) bond motifs is 1. The fraction of sp³-hybridized carbons (Fsp3) is 0.286. The normalized spacial score (nSPS) is 12.8. The average molecular weight is 404 g/mol. The van der Waals surface area contributed by atoms with Crippen LogP contribution >= 0.6 is 0 Å². The van der Waals surface area contributed by atoms with Gasteiger partial charge >= 0.3 is 6.18 Å². The molecule has 3 aromatic rings. The van der Waals surface area contributed by atoms with Crippen molar-refractivity contribution in [3.63, 3.8) is 0 Å². The lowest BCUT2D eigenvalue weighted by molar-refractivity contribution is -0.137. The van der Waals surface area contributed by atoms with Crippen LogP contribution in [0, 0.1) is 0 Å². The van der Waals surface area contributed by atoms with E-state index in [1.165, 1.54) is 0 Å². The smallest absolute Gasteiger partial charge is 0.416 e. The minimum absolute atomic E-state index is 0.0243. The van der Waals surface area contributed by atoms with Crippen molar-refractivity contribution in [2.24, 2.45) is 5.73 Å². The Morgan fingerprint density at radius 3 is 2.45 bits per heavy atom. The molecule has 1 heterocycles. The van der Waals surface area contributed by atoms with E-state index in [0.29, 0.717) is 19.3 Å². The Morgan fingerprint density at radius 2 is 1.79 bits per heavy atom. The standard InChI is InChI=1S/C21H19F3N2O3/c22-21(23,24)14-10-11-17-16(12-14)26-20(29-17)19(28)15(8-4-5-9-18(25)27)13-6-2-1-3-7-13/h1-3,6-7,10-12,15H,4-5,8-9H2,(H2,25,27). The third kappa shape index (κ3) is 5.01. The van der Waals surface area contributed by atoms with E-state index in [0.717, 1.165) is 23.8 Å². The zero-order valence-corrected chi connectivity index (χ0v) is 15.4. The number of ketones is 1. The molecule has 0 aliphatic rings. The highest BCUT2D eigenvalue weighted by atomic mass is 19.4. The second kappa shape index (κ2) is 8.46. The SMILES string of the molecule is NC(=O)CCCCC(C(=O)c1nc2cc(C(F)(F)F)ccc2o1)c1ccccc1. The number of unbranched alkanes of at least 4 members (excludes halogenated alkanes) is 1. The Bertz CT molecular complexity index is 1010. The summed E-state index contributed by atoms with van der Waals surface area (Å²) in [5.41, 5.74) is 5.12. The molecule has 0 aliphatic carbocycles. The van der Waals surface area contributed by atoms with Gasteiger partial charge in [-0.2, -0.15) is 13.2 Å². The van der Waals surface area contributed by atoms with Gasteiger partial charge in [0.15, 0.2) is 5.58 Å². The lowest BCUT2D eigenvalue weighted by atomic mass is 9.89. The molecule has 8 heteroatoms. The maximum absolute atomic E-state index is 13.1. The molecule has 0 saturated heterocycles. The van der Waals surface area contributed by atoms with E-state index in [1.54, 1.807) is 24.3 Å². The van der Waals surface area contributed by atoms with Crippen LogP contribution in [0.5, 0.6) is 0 Å². The molecule has 2 aromatic carbocycles. The molecule has 1 aromatic heterocycles. The fourth-order valence-corrected chi connectivity index (χ4v) is 3.14. The number of primary amides is 1. The van der Waals surface area contributed by atoms with Gasteiger partial charge in [0.1, 0.15) is 5.52 Å². The first-order chi connectivity index (χ1) is 13.8. The minimum Gasteiger partial charge on any atom is -0.434 e. The first-order valence-electron chi connectivity index (χ1n) is 9.11.